The highest BCUT2D eigenvalue weighted by molar-refractivity contribution is 6.35. The van der Waals surface area contributed by atoms with Gasteiger partial charge in [0.05, 0.1) is 12.5 Å². The molecule has 26 heavy (non-hydrogen) atoms. The highest BCUT2D eigenvalue weighted by atomic mass is 35.5. The van der Waals surface area contributed by atoms with Gasteiger partial charge in [-0.2, -0.15) is 0 Å². The van der Waals surface area contributed by atoms with Gasteiger partial charge in [0.1, 0.15) is 0 Å². The molecule has 1 N–H and O–H groups in total. The van der Waals surface area contributed by atoms with Crippen LogP contribution in [0.3, 0.4) is 0 Å². The van der Waals surface area contributed by atoms with Crippen LogP contribution < -0.4 is 5.32 Å². The zero-order valence-electron chi connectivity index (χ0n) is 14.1. The third-order valence-electron chi connectivity index (χ3n) is 4.28. The number of hydrogen-bond acceptors (Lipinski definition) is 3. The number of ether oxygens (including phenoxy) is 1. The Labute approximate surface area is 162 Å². The Morgan fingerprint density at radius 1 is 1.12 bits per heavy atom. The van der Waals surface area contributed by atoms with Crippen molar-refractivity contribution < 1.29 is 14.3 Å². The summed E-state index contributed by atoms with van der Waals surface area (Å²) in [6, 6.07) is 14.7. The van der Waals surface area contributed by atoms with Gasteiger partial charge in [-0.15, -0.1) is 0 Å². The summed E-state index contributed by atoms with van der Waals surface area (Å²) in [6.07, 6.45) is 2.18. The van der Waals surface area contributed by atoms with E-state index in [1.54, 1.807) is 18.2 Å². The molecule has 0 radical (unpaired) electrons. The van der Waals surface area contributed by atoms with E-state index >= 15 is 0 Å². The SMILES string of the molecule is O=C(COC(=O)Cc1ccc(Cl)cc1Cl)NC(c1ccccc1)C1CC1. The minimum Gasteiger partial charge on any atom is -0.455 e. The van der Waals surface area contributed by atoms with Crippen molar-refractivity contribution in [3.63, 3.8) is 0 Å². The van der Waals surface area contributed by atoms with Crippen molar-refractivity contribution in [2.45, 2.75) is 25.3 Å². The van der Waals surface area contributed by atoms with Crippen LogP contribution in [0.5, 0.6) is 0 Å². The van der Waals surface area contributed by atoms with Crippen LogP contribution in [0.1, 0.15) is 30.0 Å². The van der Waals surface area contributed by atoms with Gasteiger partial charge in [-0.25, -0.2) is 0 Å². The molecule has 0 aliphatic heterocycles. The van der Waals surface area contributed by atoms with Gasteiger partial charge in [0.2, 0.25) is 0 Å². The molecular formula is C20H19Cl2NO3. The zero-order chi connectivity index (χ0) is 18.5. The highest BCUT2D eigenvalue weighted by Crippen LogP contribution is 2.40. The van der Waals surface area contributed by atoms with Gasteiger partial charge in [-0.05, 0) is 42.0 Å². The number of benzene rings is 2. The van der Waals surface area contributed by atoms with Crippen LogP contribution in [0.4, 0.5) is 0 Å². The van der Waals surface area contributed by atoms with Crippen LogP contribution in [0, 0.1) is 5.92 Å². The van der Waals surface area contributed by atoms with Crippen molar-refractivity contribution in [2.75, 3.05) is 6.61 Å². The molecule has 4 nitrogen and oxygen atoms in total. The van der Waals surface area contributed by atoms with Gasteiger partial charge in [0, 0.05) is 10.0 Å². The smallest absolute Gasteiger partial charge is 0.310 e. The summed E-state index contributed by atoms with van der Waals surface area (Å²) >= 11 is 11.9. The Kier molecular flexibility index (Phi) is 6.17. The standard InChI is InChI=1S/C20H19Cl2NO3/c21-16-9-8-15(17(22)11-16)10-19(25)26-12-18(24)23-20(14-6-7-14)13-4-2-1-3-5-13/h1-5,8-9,11,14,20H,6-7,10,12H2,(H,23,24). The second kappa shape index (κ2) is 8.56. The number of rotatable bonds is 7. The Hall–Kier alpha value is -2.04. The first-order valence-electron chi connectivity index (χ1n) is 8.47. The fraction of sp³-hybridized carbons (Fsp3) is 0.300. The Morgan fingerprint density at radius 3 is 2.50 bits per heavy atom. The summed E-state index contributed by atoms with van der Waals surface area (Å²) in [7, 11) is 0. The Bertz CT molecular complexity index is 791. The molecule has 1 fully saturated rings. The largest absolute Gasteiger partial charge is 0.455 e. The number of amides is 1. The third-order valence-corrected chi connectivity index (χ3v) is 4.87. The lowest BCUT2D eigenvalue weighted by atomic mass is 10.0. The van der Waals surface area contributed by atoms with Crippen molar-refractivity contribution in [1.82, 2.24) is 5.32 Å². The second-order valence-electron chi connectivity index (χ2n) is 6.37. The van der Waals surface area contributed by atoms with Crippen LogP contribution in [0.25, 0.3) is 0 Å². The molecule has 1 unspecified atom stereocenters. The van der Waals surface area contributed by atoms with Crippen LogP contribution >= 0.6 is 23.2 Å². The predicted molar refractivity (Wildman–Crippen MR) is 101 cm³/mol. The number of halogens is 2. The van der Waals surface area contributed by atoms with Gasteiger partial charge in [0.25, 0.3) is 5.91 Å². The maximum absolute atomic E-state index is 12.2. The monoisotopic (exact) mass is 391 g/mol. The average molecular weight is 392 g/mol. The summed E-state index contributed by atoms with van der Waals surface area (Å²) in [5.41, 5.74) is 1.68. The van der Waals surface area contributed by atoms with E-state index in [9.17, 15) is 9.59 Å². The predicted octanol–water partition coefficient (Wildman–Crippen LogP) is 4.35. The molecule has 0 spiro atoms. The van der Waals surface area contributed by atoms with Crippen molar-refractivity contribution >= 4 is 35.1 Å². The molecule has 2 aromatic rings. The van der Waals surface area contributed by atoms with Crippen LogP contribution in [-0.2, 0) is 20.7 Å². The van der Waals surface area contributed by atoms with E-state index in [-0.39, 0.29) is 25.0 Å². The summed E-state index contributed by atoms with van der Waals surface area (Å²) in [5.74, 6) is -0.363. The minimum absolute atomic E-state index is 0.00593. The summed E-state index contributed by atoms with van der Waals surface area (Å²) in [5, 5.41) is 3.87. The number of nitrogens with one attached hydrogen (secondary N) is 1. The zero-order valence-corrected chi connectivity index (χ0v) is 15.6. The molecule has 1 aliphatic carbocycles. The average Bonchev–Trinajstić information content (AvgIpc) is 3.46. The molecule has 136 valence electrons. The van der Waals surface area contributed by atoms with E-state index in [4.69, 9.17) is 27.9 Å². The second-order valence-corrected chi connectivity index (χ2v) is 7.21. The van der Waals surface area contributed by atoms with Crippen LogP contribution in [-0.4, -0.2) is 18.5 Å². The van der Waals surface area contributed by atoms with Crippen LogP contribution in [0.15, 0.2) is 48.5 Å². The summed E-state index contributed by atoms with van der Waals surface area (Å²) in [6.45, 7) is -0.305. The molecule has 1 atom stereocenters. The third kappa shape index (κ3) is 5.23. The Morgan fingerprint density at radius 2 is 1.85 bits per heavy atom. The van der Waals surface area contributed by atoms with Gasteiger partial charge in [0.15, 0.2) is 6.61 Å². The molecular weight excluding hydrogens is 373 g/mol. The molecule has 1 amide bonds. The number of carbonyl (C=O) groups excluding carboxylic acids is 2. The number of esters is 1. The molecule has 2 aromatic carbocycles. The maximum atomic E-state index is 12.2. The van der Waals surface area contributed by atoms with E-state index in [0.29, 0.717) is 21.5 Å². The van der Waals surface area contributed by atoms with Crippen molar-refractivity contribution in [1.29, 1.82) is 0 Å². The molecule has 0 heterocycles. The quantitative estimate of drug-likeness (QED) is 0.713. The molecule has 1 saturated carbocycles. The molecule has 0 bridgehead atoms. The normalized spacial score (nSPS) is 14.5. The summed E-state index contributed by atoms with van der Waals surface area (Å²) in [4.78, 5) is 24.2. The van der Waals surface area contributed by atoms with E-state index in [1.807, 2.05) is 30.3 Å². The van der Waals surface area contributed by atoms with Crippen LogP contribution in [0.2, 0.25) is 10.0 Å². The molecule has 3 rings (SSSR count). The lowest BCUT2D eigenvalue weighted by Crippen LogP contribution is -2.33. The molecule has 1 aliphatic rings. The lowest BCUT2D eigenvalue weighted by molar-refractivity contribution is -0.148. The van der Waals surface area contributed by atoms with Crippen molar-refractivity contribution in [3.8, 4) is 0 Å². The van der Waals surface area contributed by atoms with Crippen molar-refractivity contribution in [3.05, 3.63) is 69.7 Å². The first kappa shape index (κ1) is 18.7. The lowest BCUT2D eigenvalue weighted by Gasteiger charge is -2.18. The number of hydrogen-bond donors (Lipinski definition) is 1. The van der Waals surface area contributed by atoms with Gasteiger partial charge >= 0.3 is 5.97 Å². The molecule has 0 aromatic heterocycles. The topological polar surface area (TPSA) is 55.4 Å². The maximum Gasteiger partial charge on any atom is 0.310 e. The van der Waals surface area contributed by atoms with E-state index in [0.717, 1.165) is 18.4 Å². The van der Waals surface area contributed by atoms with E-state index in [1.165, 1.54) is 0 Å². The summed E-state index contributed by atoms with van der Waals surface area (Å²) < 4.78 is 5.09. The highest BCUT2D eigenvalue weighted by Gasteiger charge is 2.33. The first-order valence-corrected chi connectivity index (χ1v) is 9.22. The number of carbonyl (C=O) groups is 2. The van der Waals surface area contributed by atoms with Gasteiger partial charge in [-0.1, -0.05) is 59.6 Å². The Balaban J connectivity index is 1.50. The molecule has 6 heteroatoms. The van der Waals surface area contributed by atoms with Gasteiger partial charge in [-0.3, -0.25) is 9.59 Å². The fourth-order valence-corrected chi connectivity index (χ4v) is 3.27. The minimum atomic E-state index is -0.507. The fourth-order valence-electron chi connectivity index (χ4n) is 2.80. The van der Waals surface area contributed by atoms with Crippen molar-refractivity contribution in [2.24, 2.45) is 5.92 Å². The van der Waals surface area contributed by atoms with E-state index < -0.39 is 5.97 Å². The molecule has 0 saturated heterocycles. The first-order chi connectivity index (χ1) is 12.5. The van der Waals surface area contributed by atoms with Gasteiger partial charge < -0.3 is 10.1 Å². The van der Waals surface area contributed by atoms with E-state index in [2.05, 4.69) is 5.32 Å².